The summed E-state index contributed by atoms with van der Waals surface area (Å²) in [4.78, 5) is 16.9. The number of aromatic nitrogens is 1. The SMILES string of the molecule is CC(C)(C)c1ccc(NC(=O)c2cccc3cc(Oc4ccncc4)ccc23)cc1. The lowest BCUT2D eigenvalue weighted by Gasteiger charge is -2.19. The second kappa shape index (κ2) is 7.99. The number of fused-ring (bicyclic) bond motifs is 1. The number of benzene rings is 3. The van der Waals surface area contributed by atoms with E-state index in [9.17, 15) is 4.79 Å². The monoisotopic (exact) mass is 396 g/mol. The average molecular weight is 396 g/mol. The molecular weight excluding hydrogens is 372 g/mol. The summed E-state index contributed by atoms with van der Waals surface area (Å²) >= 11 is 0. The van der Waals surface area contributed by atoms with Crippen LogP contribution in [-0.4, -0.2) is 10.9 Å². The molecule has 3 aromatic carbocycles. The van der Waals surface area contributed by atoms with Gasteiger partial charge < -0.3 is 10.1 Å². The standard InChI is InChI=1S/C26H24N2O2/c1-26(2,3)19-7-9-20(10-8-19)28-25(29)24-6-4-5-18-17-22(11-12-23(18)24)30-21-13-15-27-16-14-21/h4-17H,1-3H3,(H,28,29). The van der Waals surface area contributed by atoms with Gasteiger partial charge in [0.1, 0.15) is 11.5 Å². The van der Waals surface area contributed by atoms with Crippen molar-refractivity contribution < 1.29 is 9.53 Å². The number of ether oxygens (including phenoxy) is 1. The minimum absolute atomic E-state index is 0.0776. The maximum Gasteiger partial charge on any atom is 0.256 e. The first kappa shape index (κ1) is 19.6. The zero-order chi connectivity index (χ0) is 21.1. The van der Waals surface area contributed by atoms with Crippen LogP contribution in [0.25, 0.3) is 10.8 Å². The highest BCUT2D eigenvalue weighted by molar-refractivity contribution is 6.13. The van der Waals surface area contributed by atoms with Gasteiger partial charge in [0, 0.05) is 23.6 Å². The largest absolute Gasteiger partial charge is 0.457 e. The lowest BCUT2D eigenvalue weighted by molar-refractivity contribution is 0.102. The van der Waals surface area contributed by atoms with Crippen molar-refractivity contribution in [3.05, 3.63) is 96.3 Å². The van der Waals surface area contributed by atoms with Crippen molar-refractivity contribution in [1.82, 2.24) is 4.98 Å². The highest BCUT2D eigenvalue weighted by Crippen LogP contribution is 2.28. The molecule has 0 aliphatic heterocycles. The Hall–Kier alpha value is -3.66. The zero-order valence-corrected chi connectivity index (χ0v) is 17.3. The Morgan fingerprint density at radius 1 is 0.867 bits per heavy atom. The first-order valence-corrected chi connectivity index (χ1v) is 9.93. The van der Waals surface area contributed by atoms with E-state index in [0.717, 1.165) is 22.2 Å². The molecular formula is C26H24N2O2. The molecule has 0 spiro atoms. The summed E-state index contributed by atoms with van der Waals surface area (Å²) in [5, 5.41) is 4.83. The minimum Gasteiger partial charge on any atom is -0.457 e. The van der Waals surface area contributed by atoms with Gasteiger partial charge in [-0.2, -0.15) is 0 Å². The van der Waals surface area contributed by atoms with Crippen LogP contribution in [0, 0.1) is 0 Å². The fraction of sp³-hybridized carbons (Fsp3) is 0.154. The van der Waals surface area contributed by atoms with E-state index in [0.29, 0.717) is 11.3 Å². The number of pyridine rings is 1. The first-order valence-electron chi connectivity index (χ1n) is 9.93. The lowest BCUT2D eigenvalue weighted by atomic mass is 9.87. The molecule has 4 rings (SSSR count). The van der Waals surface area contributed by atoms with Crippen molar-refractivity contribution >= 4 is 22.4 Å². The molecule has 0 aliphatic rings. The molecule has 4 aromatic rings. The van der Waals surface area contributed by atoms with Crippen molar-refractivity contribution in [2.24, 2.45) is 0 Å². The Labute approximate surface area is 176 Å². The molecule has 150 valence electrons. The average Bonchev–Trinajstić information content (AvgIpc) is 2.73. The molecule has 0 bridgehead atoms. The number of anilines is 1. The van der Waals surface area contributed by atoms with E-state index in [1.54, 1.807) is 24.5 Å². The van der Waals surface area contributed by atoms with E-state index < -0.39 is 0 Å². The van der Waals surface area contributed by atoms with E-state index in [1.807, 2.05) is 48.5 Å². The number of hydrogen-bond acceptors (Lipinski definition) is 3. The lowest BCUT2D eigenvalue weighted by Crippen LogP contribution is -2.14. The van der Waals surface area contributed by atoms with Crippen LogP contribution in [0.4, 0.5) is 5.69 Å². The first-order chi connectivity index (χ1) is 14.4. The van der Waals surface area contributed by atoms with Gasteiger partial charge in [-0.3, -0.25) is 9.78 Å². The summed E-state index contributed by atoms with van der Waals surface area (Å²) in [6.45, 7) is 6.51. The molecule has 0 atom stereocenters. The van der Waals surface area contributed by atoms with Gasteiger partial charge in [0.2, 0.25) is 0 Å². The van der Waals surface area contributed by atoms with Gasteiger partial charge in [-0.1, -0.05) is 45.0 Å². The molecule has 30 heavy (non-hydrogen) atoms. The second-order valence-corrected chi connectivity index (χ2v) is 8.25. The van der Waals surface area contributed by atoms with Gasteiger partial charge in [0.25, 0.3) is 5.91 Å². The van der Waals surface area contributed by atoms with E-state index in [4.69, 9.17) is 4.74 Å². The Bertz CT molecular complexity index is 1180. The highest BCUT2D eigenvalue weighted by Gasteiger charge is 2.14. The van der Waals surface area contributed by atoms with Crippen LogP contribution in [0.5, 0.6) is 11.5 Å². The maximum atomic E-state index is 12.9. The van der Waals surface area contributed by atoms with Crippen LogP contribution < -0.4 is 10.1 Å². The van der Waals surface area contributed by atoms with Crippen LogP contribution in [-0.2, 0) is 5.41 Å². The normalized spacial score (nSPS) is 11.3. The van der Waals surface area contributed by atoms with Gasteiger partial charge in [-0.25, -0.2) is 0 Å². The summed E-state index contributed by atoms with van der Waals surface area (Å²) < 4.78 is 5.88. The maximum absolute atomic E-state index is 12.9. The molecule has 1 N–H and O–H groups in total. The van der Waals surface area contributed by atoms with Crippen LogP contribution in [0.15, 0.2) is 85.2 Å². The van der Waals surface area contributed by atoms with Gasteiger partial charge in [-0.15, -0.1) is 0 Å². The van der Waals surface area contributed by atoms with E-state index >= 15 is 0 Å². The molecule has 0 saturated heterocycles. The number of nitrogens with zero attached hydrogens (tertiary/aromatic N) is 1. The molecule has 1 aromatic heterocycles. The number of hydrogen-bond donors (Lipinski definition) is 1. The molecule has 1 heterocycles. The van der Waals surface area contributed by atoms with Gasteiger partial charge in [0.05, 0.1) is 0 Å². The van der Waals surface area contributed by atoms with E-state index in [-0.39, 0.29) is 11.3 Å². The quantitative estimate of drug-likeness (QED) is 0.424. The molecule has 0 aliphatic carbocycles. The van der Waals surface area contributed by atoms with Crippen LogP contribution in [0.3, 0.4) is 0 Å². The third-order valence-corrected chi connectivity index (χ3v) is 4.99. The Kier molecular flexibility index (Phi) is 5.23. The predicted octanol–water partition coefficient (Wildman–Crippen LogP) is 6.58. The summed E-state index contributed by atoms with van der Waals surface area (Å²) in [6.07, 6.45) is 3.37. The number of rotatable bonds is 4. The van der Waals surface area contributed by atoms with Crippen molar-refractivity contribution in [2.75, 3.05) is 5.32 Å². The second-order valence-electron chi connectivity index (χ2n) is 8.25. The van der Waals surface area contributed by atoms with Gasteiger partial charge in [-0.05, 0) is 70.3 Å². The minimum atomic E-state index is -0.132. The predicted molar refractivity (Wildman–Crippen MR) is 121 cm³/mol. The number of carbonyl (C=O) groups is 1. The zero-order valence-electron chi connectivity index (χ0n) is 17.3. The summed E-state index contributed by atoms with van der Waals surface area (Å²) in [5.41, 5.74) is 2.71. The fourth-order valence-corrected chi connectivity index (χ4v) is 3.32. The Morgan fingerprint density at radius 3 is 2.30 bits per heavy atom. The topological polar surface area (TPSA) is 51.2 Å². The smallest absolute Gasteiger partial charge is 0.256 e. The number of nitrogens with one attached hydrogen (secondary N) is 1. The van der Waals surface area contributed by atoms with Crippen LogP contribution in [0.2, 0.25) is 0 Å². The molecule has 0 unspecified atom stereocenters. The van der Waals surface area contributed by atoms with Crippen molar-refractivity contribution in [3.63, 3.8) is 0 Å². The Balaban J connectivity index is 1.57. The number of carbonyl (C=O) groups excluding carboxylic acids is 1. The van der Waals surface area contributed by atoms with Gasteiger partial charge in [0.15, 0.2) is 0 Å². The third-order valence-electron chi connectivity index (χ3n) is 4.99. The molecule has 4 heteroatoms. The third kappa shape index (κ3) is 4.33. The van der Waals surface area contributed by atoms with Gasteiger partial charge >= 0.3 is 0 Å². The molecule has 0 fully saturated rings. The fourth-order valence-electron chi connectivity index (χ4n) is 3.32. The van der Waals surface area contributed by atoms with Crippen molar-refractivity contribution in [2.45, 2.75) is 26.2 Å². The summed E-state index contributed by atoms with van der Waals surface area (Å²) in [7, 11) is 0. The van der Waals surface area contributed by atoms with E-state index in [2.05, 4.69) is 43.2 Å². The number of amides is 1. The molecule has 1 amide bonds. The molecule has 4 nitrogen and oxygen atoms in total. The molecule has 0 saturated carbocycles. The summed E-state index contributed by atoms with van der Waals surface area (Å²) in [6, 6.07) is 23.0. The van der Waals surface area contributed by atoms with Crippen LogP contribution >= 0.6 is 0 Å². The van der Waals surface area contributed by atoms with Crippen molar-refractivity contribution in [3.8, 4) is 11.5 Å². The molecule has 0 radical (unpaired) electrons. The van der Waals surface area contributed by atoms with Crippen LogP contribution in [0.1, 0.15) is 36.7 Å². The van der Waals surface area contributed by atoms with Crippen molar-refractivity contribution in [1.29, 1.82) is 0 Å². The van der Waals surface area contributed by atoms with E-state index in [1.165, 1.54) is 5.56 Å². The Morgan fingerprint density at radius 2 is 1.60 bits per heavy atom. The summed E-state index contributed by atoms with van der Waals surface area (Å²) in [5.74, 6) is 1.30. The highest BCUT2D eigenvalue weighted by atomic mass is 16.5.